The molecule has 0 bridgehead atoms. The third-order valence-electron chi connectivity index (χ3n) is 2.92. The van der Waals surface area contributed by atoms with Crippen LogP contribution in [0.25, 0.3) is 0 Å². The number of aliphatic carboxylic acids is 1. The highest BCUT2D eigenvalue weighted by Gasteiger charge is 2.28. The molecule has 120 valence electrons. The van der Waals surface area contributed by atoms with Crippen molar-refractivity contribution in [3.63, 3.8) is 0 Å². The van der Waals surface area contributed by atoms with Crippen LogP contribution in [0.3, 0.4) is 0 Å². The number of carboxylic acids is 1. The van der Waals surface area contributed by atoms with Crippen molar-refractivity contribution in [3.8, 4) is 0 Å². The minimum atomic E-state index is -1.31. The van der Waals surface area contributed by atoms with Gasteiger partial charge in [-0.25, -0.2) is 19.2 Å². The molecule has 2 aliphatic heterocycles. The highest BCUT2D eigenvalue weighted by atomic mass is 16.6. The number of carbonyl (C=O) groups is 4. The van der Waals surface area contributed by atoms with Crippen molar-refractivity contribution in [1.82, 2.24) is 10.6 Å². The third-order valence-corrected chi connectivity index (χ3v) is 2.92. The van der Waals surface area contributed by atoms with Gasteiger partial charge in [0.25, 0.3) is 0 Å². The van der Waals surface area contributed by atoms with Crippen molar-refractivity contribution in [2.45, 2.75) is 18.5 Å². The Kier molecular flexibility index (Phi) is 4.81. The molecule has 2 amide bonds. The van der Waals surface area contributed by atoms with Gasteiger partial charge in [0.2, 0.25) is 0 Å². The molecule has 2 fully saturated rings. The average molecular weight is 314 g/mol. The van der Waals surface area contributed by atoms with Crippen molar-refractivity contribution in [3.05, 3.63) is 11.6 Å². The molecule has 2 heterocycles. The van der Waals surface area contributed by atoms with E-state index in [-0.39, 0.29) is 31.8 Å². The molecule has 0 aliphatic carbocycles. The highest BCUT2D eigenvalue weighted by Crippen LogP contribution is 2.13. The molecule has 2 saturated heterocycles. The Morgan fingerprint density at radius 3 is 2.27 bits per heavy atom. The van der Waals surface area contributed by atoms with Crippen LogP contribution in [-0.2, 0) is 23.8 Å². The van der Waals surface area contributed by atoms with E-state index >= 15 is 0 Å². The molecule has 0 saturated carbocycles. The van der Waals surface area contributed by atoms with Crippen molar-refractivity contribution < 1.29 is 38.5 Å². The second-order valence-electron chi connectivity index (χ2n) is 4.69. The lowest BCUT2D eigenvalue weighted by Crippen LogP contribution is -2.33. The highest BCUT2D eigenvalue weighted by molar-refractivity contribution is 5.96. The topological polar surface area (TPSA) is 140 Å². The standard InChI is InChI=1S/C12H14N2O8/c15-9(16)2-6(1-7-3-21-11(18)13-7)10(17)20-4-8-5-22-12(19)14-8/h2,7-8H,1,3-5H2,(H,13,18)(H,14,19)(H,15,16). The monoisotopic (exact) mass is 314 g/mol. The van der Waals surface area contributed by atoms with Crippen LogP contribution in [0.15, 0.2) is 11.6 Å². The minimum Gasteiger partial charge on any atom is -0.478 e. The number of carboxylic acid groups (broad SMARTS) is 1. The Bertz CT molecular complexity index is 529. The van der Waals surface area contributed by atoms with Gasteiger partial charge in [-0.2, -0.15) is 0 Å². The first-order valence-corrected chi connectivity index (χ1v) is 6.41. The number of cyclic esters (lactones) is 2. The van der Waals surface area contributed by atoms with Crippen LogP contribution >= 0.6 is 0 Å². The van der Waals surface area contributed by atoms with E-state index in [9.17, 15) is 19.2 Å². The van der Waals surface area contributed by atoms with E-state index < -0.39 is 36.2 Å². The number of carbonyl (C=O) groups excluding carboxylic acids is 3. The third kappa shape index (κ3) is 4.36. The van der Waals surface area contributed by atoms with Crippen LogP contribution in [0.4, 0.5) is 9.59 Å². The van der Waals surface area contributed by atoms with Gasteiger partial charge in [0, 0.05) is 18.1 Å². The summed E-state index contributed by atoms with van der Waals surface area (Å²) in [6.45, 7) is -0.0404. The summed E-state index contributed by atoms with van der Waals surface area (Å²) >= 11 is 0. The number of ether oxygens (including phenoxy) is 3. The van der Waals surface area contributed by atoms with Crippen LogP contribution in [0.1, 0.15) is 6.42 Å². The molecule has 10 heteroatoms. The van der Waals surface area contributed by atoms with Crippen LogP contribution in [0, 0.1) is 0 Å². The molecule has 2 unspecified atom stereocenters. The molecule has 3 N–H and O–H groups in total. The zero-order valence-corrected chi connectivity index (χ0v) is 11.4. The second-order valence-corrected chi connectivity index (χ2v) is 4.69. The molecule has 2 rings (SSSR count). The lowest BCUT2D eigenvalue weighted by Gasteiger charge is -2.12. The molecule has 22 heavy (non-hydrogen) atoms. The van der Waals surface area contributed by atoms with Gasteiger partial charge in [-0.15, -0.1) is 0 Å². The number of esters is 1. The number of hydrogen-bond acceptors (Lipinski definition) is 7. The Morgan fingerprint density at radius 2 is 1.77 bits per heavy atom. The molecule has 0 aromatic carbocycles. The summed E-state index contributed by atoms with van der Waals surface area (Å²) in [6.07, 6.45) is -0.548. The maximum Gasteiger partial charge on any atom is 0.407 e. The van der Waals surface area contributed by atoms with E-state index in [0.717, 1.165) is 6.08 Å². The lowest BCUT2D eigenvalue weighted by atomic mass is 10.1. The van der Waals surface area contributed by atoms with E-state index in [1.165, 1.54) is 0 Å². The zero-order valence-electron chi connectivity index (χ0n) is 11.4. The van der Waals surface area contributed by atoms with E-state index in [0.29, 0.717) is 0 Å². The van der Waals surface area contributed by atoms with Gasteiger partial charge in [0.05, 0.1) is 6.04 Å². The Labute approximate surface area is 124 Å². The predicted molar refractivity (Wildman–Crippen MR) is 67.8 cm³/mol. The van der Waals surface area contributed by atoms with E-state index in [1.54, 1.807) is 0 Å². The van der Waals surface area contributed by atoms with Gasteiger partial charge < -0.3 is 30.0 Å². The summed E-state index contributed by atoms with van der Waals surface area (Å²) in [6, 6.07) is -0.975. The maximum absolute atomic E-state index is 11.9. The average Bonchev–Trinajstić information content (AvgIpc) is 3.03. The maximum atomic E-state index is 11.9. The molecule has 10 nitrogen and oxygen atoms in total. The van der Waals surface area contributed by atoms with Crippen molar-refractivity contribution in [1.29, 1.82) is 0 Å². The first-order chi connectivity index (χ1) is 10.4. The van der Waals surface area contributed by atoms with Crippen molar-refractivity contribution >= 4 is 24.1 Å². The summed E-state index contributed by atoms with van der Waals surface area (Å²) < 4.78 is 14.2. The number of rotatable bonds is 6. The normalized spacial score (nSPS) is 24.1. The summed E-state index contributed by atoms with van der Waals surface area (Å²) in [4.78, 5) is 44.4. The Morgan fingerprint density at radius 1 is 1.18 bits per heavy atom. The molecule has 0 aromatic rings. The Hall–Kier alpha value is -2.78. The summed E-state index contributed by atoms with van der Waals surface area (Å²) in [7, 11) is 0. The SMILES string of the molecule is O=C(O)C=C(CC1COC(=O)N1)C(=O)OCC1COC(=O)N1. The molecular formula is C12H14N2O8. The molecule has 0 radical (unpaired) electrons. The fourth-order valence-corrected chi connectivity index (χ4v) is 1.94. The van der Waals surface area contributed by atoms with Gasteiger partial charge in [-0.05, 0) is 0 Å². The smallest absolute Gasteiger partial charge is 0.407 e. The number of amides is 2. The van der Waals surface area contributed by atoms with E-state index in [2.05, 4.69) is 20.1 Å². The fraction of sp³-hybridized carbons (Fsp3) is 0.500. The van der Waals surface area contributed by atoms with Crippen LogP contribution in [0.5, 0.6) is 0 Å². The quantitative estimate of drug-likeness (QED) is 0.327. The van der Waals surface area contributed by atoms with Gasteiger partial charge in [0.1, 0.15) is 25.9 Å². The number of hydrogen-bond donors (Lipinski definition) is 3. The number of nitrogens with one attached hydrogen (secondary N) is 2. The van der Waals surface area contributed by atoms with E-state index in [1.807, 2.05) is 0 Å². The largest absolute Gasteiger partial charge is 0.478 e. The Balaban J connectivity index is 1.90. The molecule has 2 atom stereocenters. The molecule has 2 aliphatic rings. The first-order valence-electron chi connectivity index (χ1n) is 6.41. The second kappa shape index (κ2) is 6.78. The van der Waals surface area contributed by atoms with Crippen LogP contribution < -0.4 is 10.6 Å². The minimum absolute atomic E-state index is 0.0373. The molecular weight excluding hydrogens is 300 g/mol. The summed E-state index contributed by atoms with van der Waals surface area (Å²) in [5, 5.41) is 13.6. The van der Waals surface area contributed by atoms with Crippen molar-refractivity contribution in [2.24, 2.45) is 0 Å². The van der Waals surface area contributed by atoms with Crippen LogP contribution in [-0.4, -0.2) is 61.1 Å². The summed E-state index contributed by atoms with van der Waals surface area (Å²) in [5.74, 6) is -2.15. The van der Waals surface area contributed by atoms with E-state index in [4.69, 9.17) is 9.84 Å². The predicted octanol–water partition coefficient (Wildman–Crippen LogP) is -0.852. The van der Waals surface area contributed by atoms with Gasteiger partial charge in [0.15, 0.2) is 0 Å². The molecule has 0 spiro atoms. The van der Waals surface area contributed by atoms with Gasteiger partial charge >= 0.3 is 24.1 Å². The lowest BCUT2D eigenvalue weighted by molar-refractivity contribution is -0.140. The van der Waals surface area contributed by atoms with Gasteiger partial charge in [-0.1, -0.05) is 0 Å². The molecule has 0 aromatic heterocycles. The van der Waals surface area contributed by atoms with Crippen LogP contribution in [0.2, 0.25) is 0 Å². The van der Waals surface area contributed by atoms with Gasteiger partial charge in [-0.3, -0.25) is 0 Å². The van der Waals surface area contributed by atoms with Crippen molar-refractivity contribution in [2.75, 3.05) is 19.8 Å². The fourth-order valence-electron chi connectivity index (χ4n) is 1.94. The number of alkyl carbamates (subject to hydrolysis) is 2. The first kappa shape index (κ1) is 15.6. The zero-order chi connectivity index (χ0) is 16.1. The summed E-state index contributed by atoms with van der Waals surface area (Å²) in [5.41, 5.74) is -0.117.